The number of Topliss-reactive ketones (excluding diaryl/α,β-unsaturated/α-hetero) is 1. The van der Waals surface area contributed by atoms with Gasteiger partial charge in [0, 0.05) is 17.9 Å². The Hall–Kier alpha value is -1.90. The minimum atomic E-state index is -0.710. The predicted molar refractivity (Wildman–Crippen MR) is 108 cm³/mol. The number of rotatable bonds is 10. The number of amides is 1. The van der Waals surface area contributed by atoms with Crippen molar-refractivity contribution in [2.75, 3.05) is 19.3 Å². The molecule has 0 bridgehead atoms. The number of carbonyl (C=O) groups excluding carboxylic acids is 2. The first kappa shape index (κ1) is 23.1. The molecule has 2 aromatic rings. The maximum atomic E-state index is 12.8. The molecule has 1 amide bonds. The number of hydrogen-bond acceptors (Lipinski definition) is 7. The van der Waals surface area contributed by atoms with Crippen LogP contribution in [0.1, 0.15) is 41.3 Å². The lowest BCUT2D eigenvalue weighted by Crippen LogP contribution is -2.42. The number of nitrogens with one attached hydrogen (secondary N) is 2. The third-order valence-corrected chi connectivity index (χ3v) is 4.38. The van der Waals surface area contributed by atoms with E-state index in [0.29, 0.717) is 17.2 Å². The zero-order chi connectivity index (χ0) is 18.9. The van der Waals surface area contributed by atoms with Crippen LogP contribution in [-0.4, -0.2) is 47.3 Å². The molecule has 7 nitrogen and oxygen atoms in total. The van der Waals surface area contributed by atoms with Crippen molar-refractivity contribution in [1.82, 2.24) is 20.8 Å². The van der Waals surface area contributed by atoms with Crippen LogP contribution in [0, 0.1) is 5.92 Å². The average Bonchev–Trinajstić information content (AvgIpc) is 3.10. The number of halogens is 1. The average molecular weight is 413 g/mol. The summed E-state index contributed by atoms with van der Waals surface area (Å²) in [5, 5.41) is 13.9. The molecular weight excluding hydrogens is 388 g/mol. The molecule has 27 heavy (non-hydrogen) atoms. The van der Waals surface area contributed by atoms with E-state index in [-0.39, 0.29) is 35.9 Å². The summed E-state index contributed by atoms with van der Waals surface area (Å²) in [6.45, 7) is 4.77. The van der Waals surface area contributed by atoms with Crippen LogP contribution in [0.2, 0.25) is 0 Å². The number of nitrogens with zero attached hydrogens (tertiary/aromatic N) is 2. The highest BCUT2D eigenvalue weighted by molar-refractivity contribution is 7.99. The molecule has 0 unspecified atom stereocenters. The minimum absolute atomic E-state index is 0. The molecule has 0 aliphatic rings. The predicted octanol–water partition coefficient (Wildman–Crippen LogP) is 2.83. The maximum absolute atomic E-state index is 12.8. The number of benzene rings is 1. The normalized spacial score (nSPS) is 11.7. The monoisotopic (exact) mass is 412 g/mol. The second-order valence-electron chi connectivity index (χ2n) is 6.21. The number of thioether (sulfide) groups is 1. The van der Waals surface area contributed by atoms with E-state index in [1.807, 2.05) is 27.0 Å². The SMILES string of the molecule is CNCCSc1nnc(C(=O)[C@H](CC(C)C)NC(=O)c2ccccc2)o1.Cl. The van der Waals surface area contributed by atoms with E-state index < -0.39 is 6.04 Å². The van der Waals surface area contributed by atoms with Crippen LogP contribution in [0.3, 0.4) is 0 Å². The van der Waals surface area contributed by atoms with Crippen molar-refractivity contribution in [3.63, 3.8) is 0 Å². The van der Waals surface area contributed by atoms with Gasteiger partial charge in [0.2, 0.25) is 5.78 Å². The Morgan fingerprint density at radius 3 is 2.52 bits per heavy atom. The molecule has 0 aliphatic heterocycles. The summed E-state index contributed by atoms with van der Waals surface area (Å²) in [5.41, 5.74) is 0.503. The first-order valence-corrected chi connectivity index (χ1v) is 9.50. The second-order valence-corrected chi connectivity index (χ2v) is 7.26. The van der Waals surface area contributed by atoms with Gasteiger partial charge in [-0.2, -0.15) is 0 Å². The van der Waals surface area contributed by atoms with Crippen molar-refractivity contribution >= 4 is 35.9 Å². The molecule has 148 valence electrons. The van der Waals surface area contributed by atoms with Crippen LogP contribution in [-0.2, 0) is 0 Å². The molecule has 0 saturated carbocycles. The van der Waals surface area contributed by atoms with Gasteiger partial charge in [-0.15, -0.1) is 22.6 Å². The summed E-state index contributed by atoms with van der Waals surface area (Å²) in [4.78, 5) is 25.2. The smallest absolute Gasteiger partial charge is 0.286 e. The Morgan fingerprint density at radius 1 is 1.19 bits per heavy atom. The van der Waals surface area contributed by atoms with Gasteiger partial charge < -0.3 is 15.1 Å². The van der Waals surface area contributed by atoms with Gasteiger partial charge in [0.15, 0.2) is 0 Å². The highest BCUT2D eigenvalue weighted by Crippen LogP contribution is 2.18. The van der Waals surface area contributed by atoms with Gasteiger partial charge in [-0.05, 0) is 31.5 Å². The largest absolute Gasteiger partial charge is 0.408 e. The van der Waals surface area contributed by atoms with E-state index in [2.05, 4.69) is 20.8 Å². The molecule has 0 aliphatic carbocycles. The van der Waals surface area contributed by atoms with Crippen molar-refractivity contribution in [1.29, 1.82) is 0 Å². The molecule has 2 N–H and O–H groups in total. The molecule has 1 aromatic heterocycles. The van der Waals surface area contributed by atoms with E-state index in [4.69, 9.17) is 4.42 Å². The Kier molecular flexibility index (Phi) is 10.1. The highest BCUT2D eigenvalue weighted by atomic mass is 35.5. The molecule has 1 aromatic carbocycles. The fraction of sp³-hybridized carbons (Fsp3) is 0.444. The minimum Gasteiger partial charge on any atom is -0.408 e. The maximum Gasteiger partial charge on any atom is 0.286 e. The summed E-state index contributed by atoms with van der Waals surface area (Å²) in [6, 6.07) is 8.09. The fourth-order valence-corrected chi connectivity index (χ4v) is 3.01. The van der Waals surface area contributed by atoms with E-state index in [0.717, 1.165) is 12.3 Å². The second kappa shape index (κ2) is 11.7. The molecule has 0 radical (unpaired) electrons. The Balaban J connectivity index is 0.00000364. The Bertz CT molecular complexity index is 724. The van der Waals surface area contributed by atoms with Crippen molar-refractivity contribution < 1.29 is 14.0 Å². The third-order valence-electron chi connectivity index (χ3n) is 3.56. The molecule has 2 rings (SSSR count). The van der Waals surface area contributed by atoms with Crippen LogP contribution in [0.4, 0.5) is 0 Å². The number of hydrogen-bond donors (Lipinski definition) is 2. The lowest BCUT2D eigenvalue weighted by atomic mass is 9.99. The summed E-state index contributed by atoms with van der Waals surface area (Å²) in [7, 11) is 1.86. The van der Waals surface area contributed by atoms with Gasteiger partial charge in [0.25, 0.3) is 17.0 Å². The molecule has 9 heteroatoms. The molecule has 1 heterocycles. The summed E-state index contributed by atoms with van der Waals surface area (Å²) >= 11 is 1.38. The van der Waals surface area contributed by atoms with Gasteiger partial charge in [-0.3, -0.25) is 9.59 Å². The van der Waals surface area contributed by atoms with Crippen LogP contribution in [0.5, 0.6) is 0 Å². The zero-order valence-electron chi connectivity index (χ0n) is 15.6. The van der Waals surface area contributed by atoms with Crippen molar-refractivity contribution in [2.24, 2.45) is 5.92 Å². The van der Waals surface area contributed by atoms with Crippen molar-refractivity contribution in [2.45, 2.75) is 31.5 Å². The van der Waals surface area contributed by atoms with Crippen LogP contribution in [0.15, 0.2) is 40.0 Å². The molecular formula is C18H25ClN4O3S. The van der Waals surface area contributed by atoms with Gasteiger partial charge in [-0.1, -0.05) is 43.8 Å². The first-order chi connectivity index (χ1) is 12.5. The standard InChI is InChI=1S/C18H24N4O3S.ClH/c1-12(2)11-14(20-16(24)13-7-5-4-6-8-13)15(23)17-21-22-18(25-17)26-10-9-19-3;/h4-8,12,14,19H,9-11H2,1-3H3,(H,20,24);1H/t14-;/m0./s1. The van der Waals surface area contributed by atoms with Gasteiger partial charge in [-0.25, -0.2) is 0 Å². The van der Waals surface area contributed by atoms with Crippen molar-refractivity contribution in [3.05, 3.63) is 41.8 Å². The molecule has 0 spiro atoms. The van der Waals surface area contributed by atoms with Crippen LogP contribution < -0.4 is 10.6 Å². The van der Waals surface area contributed by atoms with Gasteiger partial charge >= 0.3 is 0 Å². The van der Waals surface area contributed by atoms with E-state index in [1.165, 1.54) is 11.8 Å². The van der Waals surface area contributed by atoms with Crippen LogP contribution in [0.25, 0.3) is 0 Å². The third kappa shape index (κ3) is 7.32. The Labute approximate surface area is 169 Å². The molecule has 0 fully saturated rings. The number of ketones is 1. The number of carbonyl (C=O) groups is 2. The summed E-state index contributed by atoms with van der Waals surface area (Å²) in [5.74, 6) is 0.235. The highest BCUT2D eigenvalue weighted by Gasteiger charge is 2.28. The van der Waals surface area contributed by atoms with Gasteiger partial charge in [0.05, 0.1) is 6.04 Å². The fourth-order valence-electron chi connectivity index (χ4n) is 2.29. The molecule has 1 atom stereocenters. The number of aromatic nitrogens is 2. The first-order valence-electron chi connectivity index (χ1n) is 8.52. The van der Waals surface area contributed by atoms with E-state index in [1.54, 1.807) is 24.3 Å². The molecule has 0 saturated heterocycles. The lowest BCUT2D eigenvalue weighted by molar-refractivity contribution is 0.0822. The van der Waals surface area contributed by atoms with Gasteiger partial charge in [0.1, 0.15) is 0 Å². The quantitative estimate of drug-likeness (QED) is 0.351. The lowest BCUT2D eigenvalue weighted by Gasteiger charge is -2.18. The zero-order valence-corrected chi connectivity index (χ0v) is 17.2. The van der Waals surface area contributed by atoms with E-state index >= 15 is 0 Å². The summed E-state index contributed by atoms with van der Waals surface area (Å²) in [6.07, 6.45) is 0.488. The van der Waals surface area contributed by atoms with Crippen LogP contribution >= 0.6 is 24.2 Å². The summed E-state index contributed by atoms with van der Waals surface area (Å²) < 4.78 is 5.45. The van der Waals surface area contributed by atoms with E-state index in [9.17, 15) is 9.59 Å². The van der Waals surface area contributed by atoms with Crippen molar-refractivity contribution in [3.8, 4) is 0 Å². The topological polar surface area (TPSA) is 97.1 Å². The Morgan fingerprint density at radius 2 is 1.89 bits per heavy atom.